The molecule has 1 aromatic carbocycles. The molecule has 2 unspecified atom stereocenters. The molecule has 13 heteroatoms. The molecule has 4 aliphatic carbocycles. The number of aliphatic hydroxyl groups is 3. The van der Waals surface area contributed by atoms with Crippen LogP contribution in [0.4, 0.5) is 11.4 Å². The second-order valence-corrected chi connectivity index (χ2v) is 12.1. The van der Waals surface area contributed by atoms with E-state index in [-0.39, 0.29) is 36.2 Å². The molecule has 0 bridgehead atoms. The number of benzene rings is 1. The van der Waals surface area contributed by atoms with Gasteiger partial charge in [-0.15, -0.1) is 0 Å². The highest BCUT2D eigenvalue weighted by Gasteiger charge is 2.64. The quantitative estimate of drug-likeness (QED) is 0.160. The number of nitrogens with zero attached hydrogens (tertiary/aromatic N) is 2. The fraction of sp³-hybridized carbons (Fsp3) is 0.517. The van der Waals surface area contributed by atoms with Gasteiger partial charge < -0.3 is 41.7 Å². The van der Waals surface area contributed by atoms with Crippen LogP contribution in [0.25, 0.3) is 5.76 Å². The van der Waals surface area contributed by atoms with Gasteiger partial charge in [0.15, 0.2) is 11.4 Å². The van der Waals surface area contributed by atoms with Gasteiger partial charge in [-0.1, -0.05) is 0 Å². The first-order valence-electron chi connectivity index (χ1n) is 13.9. The van der Waals surface area contributed by atoms with Crippen molar-refractivity contribution in [2.24, 2.45) is 23.5 Å². The molecule has 0 aliphatic heterocycles. The Balaban J connectivity index is 1.61. The monoisotopic (exact) mass is 583 g/mol. The second kappa shape index (κ2) is 10.4. The fourth-order valence-electron chi connectivity index (χ4n) is 6.69. The summed E-state index contributed by atoms with van der Waals surface area (Å²) in [5.41, 5.74) is 2.56. The number of rotatable bonds is 8. The van der Waals surface area contributed by atoms with Gasteiger partial charge in [-0.2, -0.15) is 0 Å². The lowest BCUT2D eigenvalue weighted by molar-refractivity contribution is -0.153. The van der Waals surface area contributed by atoms with E-state index in [1.807, 2.05) is 0 Å². The number of fused-ring (bicyclic) bond motifs is 3. The molecular weight excluding hydrogens is 546 g/mol. The summed E-state index contributed by atoms with van der Waals surface area (Å²) >= 11 is 0. The number of ketones is 2. The molecule has 226 valence electrons. The first-order valence-corrected chi connectivity index (χ1v) is 13.9. The number of carbonyl (C=O) groups excluding carboxylic acids is 4. The highest BCUT2D eigenvalue weighted by molar-refractivity contribution is 6.24. The third-order valence-corrected chi connectivity index (χ3v) is 8.87. The summed E-state index contributed by atoms with van der Waals surface area (Å²) in [6, 6.07) is 0.433. The number of likely N-dealkylation sites (N-methyl/N-ethyl adjacent to an activating group) is 1. The van der Waals surface area contributed by atoms with Crippen molar-refractivity contribution in [1.29, 1.82) is 0 Å². The highest BCUT2D eigenvalue weighted by Crippen LogP contribution is 2.54. The van der Waals surface area contributed by atoms with Crippen molar-refractivity contribution in [3.8, 4) is 5.75 Å². The smallest absolute Gasteiger partial charge is 0.255 e. The lowest BCUT2D eigenvalue weighted by Crippen LogP contribution is -2.65. The van der Waals surface area contributed by atoms with Crippen LogP contribution >= 0.6 is 0 Å². The van der Waals surface area contributed by atoms with E-state index in [4.69, 9.17) is 5.73 Å². The largest absolute Gasteiger partial charge is 0.508 e. The Kier molecular flexibility index (Phi) is 7.32. The van der Waals surface area contributed by atoms with Crippen molar-refractivity contribution in [2.75, 3.05) is 51.5 Å². The number of nitrogens with two attached hydrogens (primary N) is 1. The third kappa shape index (κ3) is 4.52. The molecule has 0 aromatic heterocycles. The number of hydrogen-bond donors (Lipinski definition) is 7. The van der Waals surface area contributed by atoms with E-state index in [9.17, 15) is 39.6 Å². The van der Waals surface area contributed by atoms with Crippen LogP contribution in [0.3, 0.4) is 0 Å². The number of carbonyl (C=O) groups is 4. The normalized spacial score (nSPS) is 27.0. The summed E-state index contributed by atoms with van der Waals surface area (Å²) in [6.07, 6.45) is 2.39. The van der Waals surface area contributed by atoms with Crippen molar-refractivity contribution in [3.63, 3.8) is 0 Å². The molecule has 0 saturated heterocycles. The molecule has 0 spiro atoms. The molecule has 5 rings (SSSR count). The molecule has 42 heavy (non-hydrogen) atoms. The Morgan fingerprint density at radius 3 is 2.36 bits per heavy atom. The number of amides is 2. The highest BCUT2D eigenvalue weighted by atomic mass is 16.3. The summed E-state index contributed by atoms with van der Waals surface area (Å²) < 4.78 is 0. The number of aromatic hydroxyl groups is 1. The Morgan fingerprint density at radius 2 is 1.79 bits per heavy atom. The Morgan fingerprint density at radius 1 is 1.12 bits per heavy atom. The van der Waals surface area contributed by atoms with E-state index < -0.39 is 69.7 Å². The first kappa shape index (κ1) is 29.5. The minimum Gasteiger partial charge on any atom is -0.508 e. The maximum absolute atomic E-state index is 14.0. The number of phenols is 1. The molecule has 0 heterocycles. The number of phenolic OH excluding ortho intramolecular Hbond substituents is 1. The van der Waals surface area contributed by atoms with E-state index in [0.717, 1.165) is 12.8 Å². The topological polar surface area (TPSA) is 206 Å². The first-order chi connectivity index (χ1) is 19.7. The van der Waals surface area contributed by atoms with Gasteiger partial charge in [-0.25, -0.2) is 0 Å². The summed E-state index contributed by atoms with van der Waals surface area (Å²) in [5.74, 6) is -7.10. The number of aliphatic hydroxyl groups excluding tert-OH is 2. The average Bonchev–Trinajstić information content (AvgIpc) is 3.71. The Labute approximate surface area is 242 Å². The maximum atomic E-state index is 14.0. The lowest BCUT2D eigenvalue weighted by Gasteiger charge is -2.50. The van der Waals surface area contributed by atoms with Crippen molar-refractivity contribution >= 4 is 40.5 Å². The molecular formula is C29H37N5O8. The van der Waals surface area contributed by atoms with E-state index in [1.165, 1.54) is 4.90 Å². The number of primary amides is 1. The van der Waals surface area contributed by atoms with Crippen LogP contribution in [-0.2, 0) is 25.6 Å². The van der Waals surface area contributed by atoms with Crippen LogP contribution in [0.5, 0.6) is 5.75 Å². The van der Waals surface area contributed by atoms with E-state index in [0.29, 0.717) is 23.7 Å². The van der Waals surface area contributed by atoms with E-state index in [2.05, 4.69) is 10.6 Å². The van der Waals surface area contributed by atoms with Crippen LogP contribution < -0.4 is 21.3 Å². The van der Waals surface area contributed by atoms with Crippen molar-refractivity contribution in [1.82, 2.24) is 10.2 Å². The van der Waals surface area contributed by atoms with Crippen LogP contribution in [0.2, 0.25) is 0 Å². The number of anilines is 2. The molecule has 2 amide bonds. The molecule has 2 saturated carbocycles. The average molecular weight is 584 g/mol. The standard InChI is InChI=1S/C29H37N5O8/c1-33(2)17-9-16(32-18(35)11-31-10-12-5-6-12)23(36)20-14(17)7-13-8-15-22(34(3)4)25(38)21(28(30)41)27(40)29(15,42)26(39)19(13)24(20)37/h9,12-13,15,22,31,36-37,40,42H,5-8,10-11H2,1-4H3,(H2,30,41)(H,32,35)/t13?,15?,22-,29-/m0/s1. The van der Waals surface area contributed by atoms with Gasteiger partial charge in [0.1, 0.15) is 22.8 Å². The molecule has 2 fully saturated rings. The van der Waals surface area contributed by atoms with Crippen LogP contribution in [0.1, 0.15) is 30.4 Å². The summed E-state index contributed by atoms with van der Waals surface area (Å²) in [5, 5.41) is 51.3. The SMILES string of the molecule is CN(C)c1cc(NC(=O)CNCC2CC2)c(O)c2c1CC1CC3[C@H](N(C)C)C(=O)C(C(N)=O)=C(O)[C@@]3(O)C(=O)C1=C2O. The molecule has 0 radical (unpaired) electrons. The lowest BCUT2D eigenvalue weighted by atomic mass is 9.57. The number of nitrogens with one attached hydrogen (secondary N) is 2. The zero-order chi connectivity index (χ0) is 30.8. The molecule has 8 N–H and O–H groups in total. The van der Waals surface area contributed by atoms with Crippen molar-refractivity contribution in [2.45, 2.75) is 37.3 Å². The molecule has 4 atom stereocenters. The van der Waals surface area contributed by atoms with Gasteiger partial charge in [-0.3, -0.25) is 24.1 Å². The van der Waals surface area contributed by atoms with Gasteiger partial charge in [0.2, 0.25) is 11.7 Å². The Bertz CT molecular complexity index is 1460. The molecule has 4 aliphatic rings. The summed E-state index contributed by atoms with van der Waals surface area (Å²) in [7, 11) is 6.61. The molecule has 13 nitrogen and oxygen atoms in total. The Hall–Kier alpha value is -3.94. The molecule has 1 aromatic rings. The van der Waals surface area contributed by atoms with E-state index in [1.54, 1.807) is 39.2 Å². The summed E-state index contributed by atoms with van der Waals surface area (Å²) in [4.78, 5) is 55.3. The van der Waals surface area contributed by atoms with Crippen LogP contribution in [0.15, 0.2) is 23.0 Å². The fourth-order valence-corrected chi connectivity index (χ4v) is 6.69. The van der Waals surface area contributed by atoms with Crippen LogP contribution in [0, 0.1) is 17.8 Å². The second-order valence-electron chi connectivity index (χ2n) is 12.1. The zero-order valence-electron chi connectivity index (χ0n) is 24.0. The van der Waals surface area contributed by atoms with Crippen molar-refractivity contribution < 1.29 is 39.6 Å². The number of Topliss-reactive ketones (excluding diaryl/α,β-unsaturated/α-hetero) is 2. The zero-order valence-corrected chi connectivity index (χ0v) is 24.0. The third-order valence-electron chi connectivity index (χ3n) is 8.87. The number of hydrogen-bond acceptors (Lipinski definition) is 11. The van der Waals surface area contributed by atoms with Gasteiger partial charge in [0.25, 0.3) is 5.91 Å². The van der Waals surface area contributed by atoms with Crippen LogP contribution in [-0.4, -0.2) is 102 Å². The van der Waals surface area contributed by atoms with Gasteiger partial charge >= 0.3 is 0 Å². The van der Waals surface area contributed by atoms with Gasteiger partial charge in [-0.05, 0) is 69.8 Å². The van der Waals surface area contributed by atoms with Gasteiger partial charge in [0, 0.05) is 31.3 Å². The van der Waals surface area contributed by atoms with E-state index >= 15 is 0 Å². The minimum atomic E-state index is -2.72. The van der Waals surface area contributed by atoms with Gasteiger partial charge in [0.05, 0.1) is 23.8 Å². The predicted octanol–water partition coefficient (Wildman–Crippen LogP) is -0.0319. The predicted molar refractivity (Wildman–Crippen MR) is 153 cm³/mol. The summed E-state index contributed by atoms with van der Waals surface area (Å²) in [6.45, 7) is 0.734. The minimum absolute atomic E-state index is 0.00938. The maximum Gasteiger partial charge on any atom is 0.255 e. The van der Waals surface area contributed by atoms with Crippen molar-refractivity contribution in [3.05, 3.63) is 34.1 Å².